The van der Waals surface area contributed by atoms with Crippen molar-refractivity contribution in [1.29, 1.82) is 0 Å². The van der Waals surface area contributed by atoms with Crippen molar-refractivity contribution in [2.45, 2.75) is 70.4 Å². The van der Waals surface area contributed by atoms with Gasteiger partial charge in [-0.05, 0) is 55.2 Å². The normalized spacial score (nSPS) is 22.8. The van der Waals surface area contributed by atoms with E-state index in [4.69, 9.17) is 0 Å². The van der Waals surface area contributed by atoms with E-state index in [0.717, 1.165) is 36.8 Å². The number of nitrogens with one attached hydrogen (secondary N) is 1. The van der Waals surface area contributed by atoms with Crippen LogP contribution in [0.3, 0.4) is 0 Å². The second kappa shape index (κ2) is 10.4. The Bertz CT molecular complexity index is 1320. The number of hydrogen-bond acceptors (Lipinski definition) is 5. The lowest BCUT2D eigenvalue weighted by atomic mass is 9.84. The van der Waals surface area contributed by atoms with E-state index in [1.54, 1.807) is 36.1 Å². The summed E-state index contributed by atoms with van der Waals surface area (Å²) >= 11 is 0. The van der Waals surface area contributed by atoms with E-state index in [2.05, 4.69) is 9.71 Å². The van der Waals surface area contributed by atoms with Gasteiger partial charge in [-0.25, -0.2) is 4.39 Å². The predicted octanol–water partition coefficient (Wildman–Crippen LogP) is 5.48. The number of nitrogens with zero attached hydrogens (tertiary/aromatic N) is 2. The van der Waals surface area contributed by atoms with Gasteiger partial charge in [-0.2, -0.15) is 8.42 Å². The number of rotatable bonds is 3. The molecule has 1 saturated carbocycles. The van der Waals surface area contributed by atoms with E-state index >= 15 is 0 Å². The zero-order valence-electron chi connectivity index (χ0n) is 20.8. The van der Waals surface area contributed by atoms with Crippen molar-refractivity contribution in [3.05, 3.63) is 70.7 Å². The van der Waals surface area contributed by atoms with Crippen molar-refractivity contribution in [2.75, 3.05) is 5.32 Å². The highest BCUT2D eigenvalue weighted by Crippen LogP contribution is 2.40. The minimum absolute atomic E-state index is 0.0371. The monoisotopic (exact) mass is 513 g/mol. The molecule has 1 fully saturated rings. The number of benzene rings is 2. The molecule has 5 rings (SSSR count). The van der Waals surface area contributed by atoms with Crippen molar-refractivity contribution in [3.8, 4) is 0 Å². The Labute approximate surface area is 211 Å². The maximum atomic E-state index is 13.8. The Morgan fingerprint density at radius 3 is 2.50 bits per heavy atom. The van der Waals surface area contributed by atoms with Crippen LogP contribution in [0.15, 0.2) is 63.1 Å². The lowest BCUT2D eigenvalue weighted by Crippen LogP contribution is -2.51. The van der Waals surface area contributed by atoms with Crippen molar-refractivity contribution in [2.24, 2.45) is 10.3 Å². The van der Waals surface area contributed by atoms with Crippen LogP contribution in [0.5, 0.6) is 0 Å². The fraction of sp³-hybridized carbons (Fsp3) is 0.407. The van der Waals surface area contributed by atoms with Crippen LogP contribution in [0.4, 0.5) is 10.1 Å². The largest absolute Gasteiger partial charge is 0.511 e. The number of aryl methyl sites for hydroxylation is 1. The molecule has 0 radical (unpaired) electrons. The van der Waals surface area contributed by atoms with Crippen LogP contribution in [0.2, 0.25) is 0 Å². The first-order valence-corrected chi connectivity index (χ1v) is 13.9. The maximum Gasteiger partial charge on any atom is 0.286 e. The molecule has 2 aromatic carbocycles. The molecule has 0 saturated heterocycles. The fourth-order valence-corrected chi connectivity index (χ4v) is 6.35. The SMILES string of the molecule is CC.Cc1ccc2c(c1)S(=O)(=O)N=C(C1=C(O)C3CCCCCC3N(Cc3ccc(F)cc3)C1=O)N2. The van der Waals surface area contributed by atoms with Gasteiger partial charge >= 0.3 is 0 Å². The Kier molecular flexibility index (Phi) is 7.49. The number of halogens is 1. The molecule has 7 nitrogen and oxygen atoms in total. The quantitative estimate of drug-likeness (QED) is 0.567. The molecule has 2 atom stereocenters. The van der Waals surface area contributed by atoms with E-state index in [-0.39, 0.29) is 46.4 Å². The molecule has 2 unspecified atom stereocenters. The molecule has 1 amide bonds. The summed E-state index contributed by atoms with van der Waals surface area (Å²) in [7, 11) is -4.06. The summed E-state index contributed by atoms with van der Waals surface area (Å²) in [4.78, 5) is 15.5. The van der Waals surface area contributed by atoms with Gasteiger partial charge in [0.25, 0.3) is 15.9 Å². The molecule has 0 spiro atoms. The highest BCUT2D eigenvalue weighted by molar-refractivity contribution is 7.90. The van der Waals surface area contributed by atoms with E-state index in [9.17, 15) is 22.7 Å². The van der Waals surface area contributed by atoms with Crippen LogP contribution < -0.4 is 5.32 Å². The van der Waals surface area contributed by atoms with Crippen LogP contribution in [0.25, 0.3) is 0 Å². The van der Waals surface area contributed by atoms with Crippen molar-refractivity contribution in [3.63, 3.8) is 0 Å². The molecule has 0 bridgehead atoms. The summed E-state index contributed by atoms with van der Waals surface area (Å²) in [6, 6.07) is 10.7. The molecule has 3 aliphatic rings. The third kappa shape index (κ3) is 4.89. The minimum Gasteiger partial charge on any atom is -0.511 e. The molecule has 0 aromatic heterocycles. The number of sulfonamides is 1. The van der Waals surface area contributed by atoms with Gasteiger partial charge < -0.3 is 15.3 Å². The Morgan fingerprint density at radius 1 is 1.08 bits per heavy atom. The van der Waals surface area contributed by atoms with Gasteiger partial charge in [-0.15, -0.1) is 4.40 Å². The molecular formula is C27H32FN3O4S. The number of amidine groups is 1. The van der Waals surface area contributed by atoms with Gasteiger partial charge in [0.05, 0.1) is 5.69 Å². The number of amides is 1. The van der Waals surface area contributed by atoms with E-state index in [0.29, 0.717) is 12.1 Å². The number of hydrogen-bond donors (Lipinski definition) is 2. The Hall–Kier alpha value is -3.20. The lowest BCUT2D eigenvalue weighted by Gasteiger charge is -2.41. The first-order chi connectivity index (χ1) is 17.2. The number of aliphatic hydroxyl groups is 1. The molecule has 1 aliphatic carbocycles. The number of anilines is 1. The fourth-order valence-electron chi connectivity index (χ4n) is 5.14. The number of carbonyl (C=O) groups excluding carboxylic acids is 1. The van der Waals surface area contributed by atoms with Crippen LogP contribution >= 0.6 is 0 Å². The standard InChI is InChI=1S/C25H26FN3O4S.C2H6/c1-15-7-12-19-21(13-15)34(32,33)28-24(27-19)22-23(30)18-5-3-2-4-6-20(18)29(25(22)31)14-16-8-10-17(26)11-9-16;1-2/h7-13,18,20,30H,2-6,14H2,1H3,(H,27,28);1-2H3. The molecule has 36 heavy (non-hydrogen) atoms. The lowest BCUT2D eigenvalue weighted by molar-refractivity contribution is -0.132. The van der Waals surface area contributed by atoms with Gasteiger partial charge in [0.15, 0.2) is 5.84 Å². The van der Waals surface area contributed by atoms with Gasteiger partial charge in [-0.1, -0.05) is 51.3 Å². The summed E-state index contributed by atoms with van der Waals surface area (Å²) < 4.78 is 43.2. The van der Waals surface area contributed by atoms with Crippen LogP contribution in [-0.4, -0.2) is 36.2 Å². The van der Waals surface area contributed by atoms with Crippen molar-refractivity contribution in [1.82, 2.24) is 4.90 Å². The van der Waals surface area contributed by atoms with E-state index in [1.165, 1.54) is 18.2 Å². The Morgan fingerprint density at radius 2 is 1.78 bits per heavy atom. The molecule has 2 aromatic rings. The first-order valence-electron chi connectivity index (χ1n) is 12.5. The topological polar surface area (TPSA) is 99.1 Å². The number of aliphatic hydroxyl groups excluding tert-OH is 1. The summed E-state index contributed by atoms with van der Waals surface area (Å²) in [5.41, 5.74) is 1.73. The summed E-state index contributed by atoms with van der Waals surface area (Å²) in [6.45, 7) is 6.01. The maximum absolute atomic E-state index is 13.8. The zero-order valence-corrected chi connectivity index (χ0v) is 21.6. The summed E-state index contributed by atoms with van der Waals surface area (Å²) in [5.74, 6) is -1.43. The second-order valence-corrected chi connectivity index (χ2v) is 10.7. The minimum atomic E-state index is -4.06. The van der Waals surface area contributed by atoms with E-state index < -0.39 is 15.9 Å². The summed E-state index contributed by atoms with van der Waals surface area (Å²) in [6.07, 6.45) is 4.24. The third-order valence-corrected chi connectivity index (χ3v) is 8.16. The molecular weight excluding hydrogens is 481 g/mol. The smallest absolute Gasteiger partial charge is 0.286 e. The summed E-state index contributed by atoms with van der Waals surface area (Å²) in [5, 5.41) is 14.2. The van der Waals surface area contributed by atoms with Crippen LogP contribution in [0.1, 0.15) is 57.1 Å². The highest BCUT2D eigenvalue weighted by Gasteiger charge is 2.44. The first kappa shape index (κ1) is 25.9. The molecule has 2 heterocycles. The van der Waals surface area contributed by atoms with Crippen molar-refractivity contribution >= 4 is 27.5 Å². The average molecular weight is 514 g/mol. The van der Waals surface area contributed by atoms with Crippen LogP contribution in [0, 0.1) is 18.7 Å². The van der Waals surface area contributed by atoms with Gasteiger partial charge in [-0.3, -0.25) is 4.79 Å². The zero-order chi connectivity index (χ0) is 26.0. The molecule has 9 heteroatoms. The molecule has 2 N–H and O–H groups in total. The predicted molar refractivity (Wildman–Crippen MR) is 138 cm³/mol. The van der Waals surface area contributed by atoms with E-state index in [1.807, 2.05) is 13.8 Å². The second-order valence-electron chi connectivity index (χ2n) is 9.17. The Balaban J connectivity index is 0.00000148. The van der Waals surface area contributed by atoms with Gasteiger partial charge in [0, 0.05) is 18.5 Å². The van der Waals surface area contributed by atoms with Crippen molar-refractivity contribution < 1.29 is 22.7 Å². The van der Waals surface area contributed by atoms with Crippen LogP contribution in [-0.2, 0) is 21.4 Å². The molecule has 192 valence electrons. The number of fused-ring (bicyclic) bond motifs is 2. The highest BCUT2D eigenvalue weighted by atomic mass is 32.2. The number of carbonyl (C=O) groups is 1. The van der Waals surface area contributed by atoms with Gasteiger partial charge in [0.1, 0.15) is 22.0 Å². The third-order valence-electron chi connectivity index (χ3n) is 6.84. The van der Waals surface area contributed by atoms with Gasteiger partial charge in [0.2, 0.25) is 0 Å². The molecule has 2 aliphatic heterocycles. The average Bonchev–Trinajstić information content (AvgIpc) is 3.11.